The van der Waals surface area contributed by atoms with Crippen LogP contribution >= 0.6 is 0 Å². The molecule has 98 valence electrons. The lowest BCUT2D eigenvalue weighted by molar-refractivity contribution is 0.347. The van der Waals surface area contributed by atoms with E-state index < -0.39 is 0 Å². The molecule has 1 heterocycles. The van der Waals surface area contributed by atoms with E-state index in [-0.39, 0.29) is 0 Å². The minimum atomic E-state index is 0.632. The molecule has 1 aliphatic rings. The van der Waals surface area contributed by atoms with E-state index in [0.717, 1.165) is 18.3 Å². The number of allylic oxidation sites excluding steroid dienone is 3. The van der Waals surface area contributed by atoms with Crippen molar-refractivity contribution in [3.8, 4) is 0 Å². The molecule has 1 aliphatic heterocycles. The van der Waals surface area contributed by atoms with Crippen molar-refractivity contribution >= 4 is 0 Å². The van der Waals surface area contributed by atoms with Gasteiger partial charge in [-0.2, -0.15) is 0 Å². The topological polar surface area (TPSA) is 3.24 Å². The smallest absolute Gasteiger partial charge is 0.0197 e. The second-order valence-corrected chi connectivity index (χ2v) is 6.13. The fourth-order valence-corrected chi connectivity index (χ4v) is 3.09. The van der Waals surface area contributed by atoms with Gasteiger partial charge in [0.1, 0.15) is 0 Å². The Morgan fingerprint density at radius 1 is 1.41 bits per heavy atom. The summed E-state index contributed by atoms with van der Waals surface area (Å²) in [6.07, 6.45) is 7.01. The number of nitrogens with zero attached hydrogens (tertiary/aromatic N) is 1. The molecular weight excluding hydrogens is 206 g/mol. The van der Waals surface area contributed by atoms with Crippen molar-refractivity contribution in [2.75, 3.05) is 13.6 Å². The highest BCUT2D eigenvalue weighted by molar-refractivity contribution is 5.09. The summed E-state index contributed by atoms with van der Waals surface area (Å²) in [6, 6.07) is 0. The molecule has 1 rings (SSSR count). The first-order chi connectivity index (χ1) is 7.95. The average Bonchev–Trinajstić information content (AvgIpc) is 2.31. The molecule has 3 atom stereocenters. The monoisotopic (exact) mass is 235 g/mol. The summed E-state index contributed by atoms with van der Waals surface area (Å²) in [4.78, 5) is 2.47. The van der Waals surface area contributed by atoms with Crippen molar-refractivity contribution < 1.29 is 0 Å². The average molecular weight is 235 g/mol. The molecule has 0 aromatic heterocycles. The van der Waals surface area contributed by atoms with Gasteiger partial charge in [-0.15, -0.1) is 6.58 Å². The summed E-state index contributed by atoms with van der Waals surface area (Å²) in [6.45, 7) is 14.4. The van der Waals surface area contributed by atoms with Crippen LogP contribution < -0.4 is 0 Å². The molecule has 1 heteroatoms. The second-order valence-electron chi connectivity index (χ2n) is 6.13. The Morgan fingerprint density at radius 3 is 2.59 bits per heavy atom. The third kappa shape index (κ3) is 3.90. The molecule has 17 heavy (non-hydrogen) atoms. The van der Waals surface area contributed by atoms with Crippen LogP contribution in [0.25, 0.3) is 0 Å². The van der Waals surface area contributed by atoms with Crippen LogP contribution in [-0.4, -0.2) is 18.5 Å². The first-order valence-electron chi connectivity index (χ1n) is 6.99. The Kier molecular flexibility index (Phi) is 5.30. The zero-order valence-corrected chi connectivity index (χ0v) is 12.2. The van der Waals surface area contributed by atoms with Gasteiger partial charge in [0.2, 0.25) is 0 Å². The van der Waals surface area contributed by atoms with Crippen LogP contribution in [0.2, 0.25) is 0 Å². The quantitative estimate of drug-likeness (QED) is 0.658. The van der Waals surface area contributed by atoms with Gasteiger partial charge in [-0.3, -0.25) is 0 Å². The lowest BCUT2D eigenvalue weighted by Crippen LogP contribution is -2.24. The molecule has 0 N–H and O–H groups in total. The van der Waals surface area contributed by atoms with Gasteiger partial charge in [0, 0.05) is 19.3 Å². The van der Waals surface area contributed by atoms with Crippen molar-refractivity contribution in [2.24, 2.45) is 23.7 Å². The van der Waals surface area contributed by atoms with Crippen molar-refractivity contribution in [3.05, 3.63) is 24.4 Å². The molecule has 1 nitrogen and oxygen atoms in total. The Balaban J connectivity index is 2.96. The SMILES string of the molecule is C=CC[C@H]1C[C@@H](C)CN(C)/C(=C/C(C)C)[C@H]1C. The minimum absolute atomic E-state index is 0.632. The minimum Gasteiger partial charge on any atom is -0.378 e. The van der Waals surface area contributed by atoms with Gasteiger partial charge in [-0.25, -0.2) is 0 Å². The van der Waals surface area contributed by atoms with Crippen LogP contribution in [-0.2, 0) is 0 Å². The lowest BCUT2D eigenvalue weighted by Gasteiger charge is -2.28. The van der Waals surface area contributed by atoms with Gasteiger partial charge < -0.3 is 4.90 Å². The maximum absolute atomic E-state index is 3.92. The van der Waals surface area contributed by atoms with Gasteiger partial charge in [0.15, 0.2) is 0 Å². The Labute approximate surface area is 108 Å². The highest BCUT2D eigenvalue weighted by atomic mass is 15.1. The highest BCUT2D eigenvalue weighted by Gasteiger charge is 2.28. The third-order valence-corrected chi connectivity index (χ3v) is 3.88. The molecule has 0 amide bonds. The van der Waals surface area contributed by atoms with E-state index in [4.69, 9.17) is 0 Å². The lowest BCUT2D eigenvalue weighted by atomic mass is 9.83. The first-order valence-corrected chi connectivity index (χ1v) is 6.99. The summed E-state index contributed by atoms with van der Waals surface area (Å²) in [5, 5.41) is 0. The van der Waals surface area contributed by atoms with Gasteiger partial charge in [-0.05, 0) is 36.5 Å². The van der Waals surface area contributed by atoms with E-state index in [9.17, 15) is 0 Å². The maximum atomic E-state index is 3.92. The normalized spacial score (nSPS) is 32.9. The number of likely N-dealkylation sites (tertiary alicyclic amines) is 1. The molecule has 0 saturated carbocycles. The molecule has 0 spiro atoms. The maximum Gasteiger partial charge on any atom is 0.0197 e. The molecule has 0 aromatic rings. The van der Waals surface area contributed by atoms with Crippen molar-refractivity contribution in [1.29, 1.82) is 0 Å². The molecule has 1 fully saturated rings. The molecule has 0 bridgehead atoms. The van der Waals surface area contributed by atoms with Crippen LogP contribution in [0.3, 0.4) is 0 Å². The van der Waals surface area contributed by atoms with Gasteiger partial charge in [-0.1, -0.05) is 39.8 Å². The Bertz CT molecular complexity index is 277. The summed E-state index contributed by atoms with van der Waals surface area (Å²) in [5.41, 5.74) is 1.54. The number of hydrogen-bond donors (Lipinski definition) is 0. The summed E-state index contributed by atoms with van der Waals surface area (Å²) in [7, 11) is 2.25. The highest BCUT2D eigenvalue weighted by Crippen LogP contribution is 2.35. The van der Waals surface area contributed by atoms with E-state index >= 15 is 0 Å². The van der Waals surface area contributed by atoms with E-state index in [1.807, 2.05) is 0 Å². The van der Waals surface area contributed by atoms with Crippen molar-refractivity contribution in [3.63, 3.8) is 0 Å². The Morgan fingerprint density at radius 2 is 2.06 bits per heavy atom. The zero-order chi connectivity index (χ0) is 13.0. The summed E-state index contributed by atoms with van der Waals surface area (Å²) < 4.78 is 0. The summed E-state index contributed by atoms with van der Waals surface area (Å²) >= 11 is 0. The Hall–Kier alpha value is -0.720. The molecular formula is C16H29N. The van der Waals surface area contributed by atoms with Crippen LogP contribution in [0.1, 0.15) is 40.5 Å². The second kappa shape index (κ2) is 6.28. The zero-order valence-electron chi connectivity index (χ0n) is 12.2. The third-order valence-electron chi connectivity index (χ3n) is 3.88. The van der Waals surface area contributed by atoms with Gasteiger partial charge in [0.05, 0.1) is 0 Å². The van der Waals surface area contributed by atoms with Crippen LogP contribution in [0, 0.1) is 23.7 Å². The van der Waals surface area contributed by atoms with E-state index in [1.54, 1.807) is 0 Å². The molecule has 0 aromatic carbocycles. The van der Waals surface area contributed by atoms with Gasteiger partial charge >= 0.3 is 0 Å². The van der Waals surface area contributed by atoms with Crippen LogP contribution in [0.4, 0.5) is 0 Å². The van der Waals surface area contributed by atoms with E-state index in [0.29, 0.717) is 11.8 Å². The molecule has 0 unspecified atom stereocenters. The first kappa shape index (κ1) is 14.3. The molecule has 1 saturated heterocycles. The van der Waals surface area contributed by atoms with Crippen LogP contribution in [0.15, 0.2) is 24.4 Å². The molecule has 0 aliphatic carbocycles. The van der Waals surface area contributed by atoms with E-state index in [2.05, 4.69) is 58.4 Å². The molecule has 0 radical (unpaired) electrons. The van der Waals surface area contributed by atoms with E-state index in [1.165, 1.54) is 18.7 Å². The predicted molar refractivity (Wildman–Crippen MR) is 76.8 cm³/mol. The largest absolute Gasteiger partial charge is 0.378 e. The standard InChI is InChI=1S/C16H29N/c1-7-8-15-10-13(4)11-17(6)16(14(15)5)9-12(2)3/h7,9,12-15H,1,8,10-11H2,2-6H3/b16-9+/t13-,14+,15+/m1/s1. The number of hydrogen-bond acceptors (Lipinski definition) is 1. The van der Waals surface area contributed by atoms with Crippen molar-refractivity contribution in [2.45, 2.75) is 40.5 Å². The van der Waals surface area contributed by atoms with Crippen molar-refractivity contribution in [1.82, 2.24) is 4.90 Å². The predicted octanol–water partition coefficient (Wildman–Crippen LogP) is 4.33. The fraction of sp³-hybridized carbons (Fsp3) is 0.750. The van der Waals surface area contributed by atoms with Gasteiger partial charge in [0.25, 0.3) is 0 Å². The number of rotatable bonds is 3. The van der Waals surface area contributed by atoms with Crippen LogP contribution in [0.5, 0.6) is 0 Å². The fourth-order valence-electron chi connectivity index (χ4n) is 3.09. The summed E-state index contributed by atoms with van der Waals surface area (Å²) in [5.74, 6) is 2.83.